The van der Waals surface area contributed by atoms with E-state index in [1.54, 1.807) is 72.8 Å². The Bertz CT molecular complexity index is 1360. The van der Waals surface area contributed by atoms with E-state index >= 15 is 0 Å². The summed E-state index contributed by atoms with van der Waals surface area (Å²) < 4.78 is 0. The molecule has 0 spiro atoms. The first-order chi connectivity index (χ1) is 18.3. The van der Waals surface area contributed by atoms with E-state index in [0.29, 0.717) is 35.2 Å². The first kappa shape index (κ1) is 27.7. The summed E-state index contributed by atoms with van der Waals surface area (Å²) in [5, 5.41) is 11.1. The summed E-state index contributed by atoms with van der Waals surface area (Å²) >= 11 is 0. The second-order valence-corrected chi connectivity index (χ2v) is 8.46. The Balaban J connectivity index is 1.37. The summed E-state index contributed by atoms with van der Waals surface area (Å²) in [5.41, 5.74) is 8.80. The minimum atomic E-state index is -0.360. The molecule has 0 unspecified atom stereocenters. The van der Waals surface area contributed by atoms with Crippen LogP contribution in [-0.2, 0) is 4.79 Å². The number of amides is 2. The molecule has 9 heteroatoms. The van der Waals surface area contributed by atoms with Crippen molar-refractivity contribution >= 4 is 41.5 Å². The van der Waals surface area contributed by atoms with E-state index in [-0.39, 0.29) is 29.8 Å². The van der Waals surface area contributed by atoms with Crippen molar-refractivity contribution in [2.45, 2.75) is 26.7 Å². The predicted octanol–water partition coefficient (Wildman–Crippen LogP) is 4.20. The van der Waals surface area contributed by atoms with Crippen molar-refractivity contribution in [2.75, 3.05) is 11.9 Å². The van der Waals surface area contributed by atoms with Crippen LogP contribution < -0.4 is 16.2 Å². The highest BCUT2D eigenvalue weighted by Gasteiger charge is 2.05. The molecule has 0 heterocycles. The van der Waals surface area contributed by atoms with E-state index in [2.05, 4.69) is 26.4 Å². The maximum absolute atomic E-state index is 12.3. The number of ketones is 2. The molecule has 0 aliphatic carbocycles. The van der Waals surface area contributed by atoms with E-state index in [4.69, 9.17) is 0 Å². The number of nitrogens with zero attached hydrogens (tertiary/aromatic N) is 2. The summed E-state index contributed by atoms with van der Waals surface area (Å²) in [6.07, 6.45) is 3.85. The van der Waals surface area contributed by atoms with Crippen molar-refractivity contribution in [1.29, 1.82) is 0 Å². The van der Waals surface area contributed by atoms with Gasteiger partial charge in [-0.1, -0.05) is 36.4 Å². The van der Waals surface area contributed by atoms with Crippen molar-refractivity contribution in [3.63, 3.8) is 0 Å². The Morgan fingerprint density at radius 2 is 1.26 bits per heavy atom. The lowest BCUT2D eigenvalue weighted by Gasteiger charge is -2.07. The van der Waals surface area contributed by atoms with Gasteiger partial charge in [-0.3, -0.25) is 19.2 Å². The highest BCUT2D eigenvalue weighted by Crippen LogP contribution is 2.10. The van der Waals surface area contributed by atoms with Gasteiger partial charge < -0.3 is 5.32 Å². The Labute approximate surface area is 221 Å². The van der Waals surface area contributed by atoms with Crippen LogP contribution in [0.15, 0.2) is 83.0 Å². The number of hydrazone groups is 2. The number of rotatable bonds is 12. The van der Waals surface area contributed by atoms with Crippen LogP contribution in [0.5, 0.6) is 0 Å². The van der Waals surface area contributed by atoms with Crippen LogP contribution in [-0.4, -0.2) is 42.4 Å². The van der Waals surface area contributed by atoms with E-state index in [0.717, 1.165) is 11.3 Å². The lowest BCUT2D eigenvalue weighted by molar-refractivity contribution is -0.121. The Morgan fingerprint density at radius 1 is 0.711 bits per heavy atom. The third kappa shape index (κ3) is 8.94. The summed E-state index contributed by atoms with van der Waals surface area (Å²) in [4.78, 5) is 47.2. The zero-order valence-corrected chi connectivity index (χ0v) is 21.2. The van der Waals surface area contributed by atoms with Crippen LogP contribution in [0, 0.1) is 0 Å². The molecule has 194 valence electrons. The molecule has 38 heavy (non-hydrogen) atoms. The van der Waals surface area contributed by atoms with Crippen molar-refractivity contribution in [3.05, 3.63) is 101 Å². The molecule has 3 aromatic rings. The molecule has 3 N–H and O–H groups in total. The fourth-order valence-electron chi connectivity index (χ4n) is 3.36. The Morgan fingerprint density at radius 3 is 1.82 bits per heavy atom. The molecule has 9 nitrogen and oxygen atoms in total. The van der Waals surface area contributed by atoms with Gasteiger partial charge in [-0.2, -0.15) is 10.2 Å². The van der Waals surface area contributed by atoms with Crippen molar-refractivity contribution in [2.24, 2.45) is 10.2 Å². The van der Waals surface area contributed by atoms with Gasteiger partial charge in [0, 0.05) is 35.3 Å². The third-order valence-corrected chi connectivity index (χ3v) is 5.43. The molecule has 0 aromatic heterocycles. The maximum atomic E-state index is 12.3. The van der Waals surface area contributed by atoms with Crippen molar-refractivity contribution in [1.82, 2.24) is 10.9 Å². The zero-order valence-electron chi connectivity index (χ0n) is 21.2. The lowest BCUT2D eigenvalue weighted by Crippen LogP contribution is -2.18. The molecule has 0 radical (unpaired) electrons. The zero-order chi connectivity index (χ0) is 27.3. The third-order valence-electron chi connectivity index (χ3n) is 5.43. The minimum absolute atomic E-state index is 0.0337. The van der Waals surface area contributed by atoms with Crippen LogP contribution in [0.25, 0.3) is 0 Å². The lowest BCUT2D eigenvalue weighted by atomic mass is 10.1. The number of hydrogen-bond acceptors (Lipinski definition) is 7. The fraction of sp³-hybridized carbons (Fsp3) is 0.172. The first-order valence-corrected chi connectivity index (χ1v) is 12.0. The minimum Gasteiger partial charge on any atom is -0.385 e. The van der Waals surface area contributed by atoms with Gasteiger partial charge in [0.25, 0.3) is 5.91 Å². The van der Waals surface area contributed by atoms with Crippen LogP contribution in [0.4, 0.5) is 5.69 Å². The average molecular weight is 512 g/mol. The van der Waals surface area contributed by atoms with Gasteiger partial charge in [0.1, 0.15) is 0 Å². The van der Waals surface area contributed by atoms with E-state index in [1.807, 2.05) is 0 Å². The van der Waals surface area contributed by atoms with Gasteiger partial charge in [-0.15, -0.1) is 0 Å². The van der Waals surface area contributed by atoms with Gasteiger partial charge in [-0.25, -0.2) is 10.9 Å². The Kier molecular flexibility index (Phi) is 10.2. The normalized spacial score (nSPS) is 10.9. The standard InChI is InChI=1S/C29H29N5O4/c1-20(35)25-8-3-6-22(16-25)18-31-33-28(37)10-5-15-30-27-13-11-24(12-14-27)29(38)34-32-19-23-7-4-9-26(17-23)21(2)36/h3-4,6-9,11-14,16-19,30H,5,10,15H2,1-2H3,(H,33,37)(H,34,38)/b31-18+,32-19+. The fourth-order valence-corrected chi connectivity index (χ4v) is 3.36. The smallest absolute Gasteiger partial charge is 0.271 e. The number of carbonyl (C=O) groups is 4. The number of carbonyl (C=O) groups excluding carboxylic acids is 4. The molecule has 0 aliphatic heterocycles. The maximum Gasteiger partial charge on any atom is 0.271 e. The number of nitrogens with one attached hydrogen (secondary N) is 3. The molecule has 2 amide bonds. The van der Waals surface area contributed by atoms with Crippen LogP contribution in [0.3, 0.4) is 0 Å². The van der Waals surface area contributed by atoms with Crippen LogP contribution in [0.2, 0.25) is 0 Å². The molecule has 0 bridgehead atoms. The summed E-state index contributed by atoms with van der Waals surface area (Å²) in [6.45, 7) is 3.55. The van der Waals surface area contributed by atoms with Gasteiger partial charge in [0.05, 0.1) is 12.4 Å². The summed E-state index contributed by atoms with van der Waals surface area (Å²) in [5.74, 6) is -0.652. The second kappa shape index (κ2) is 14.0. The molecule has 3 aromatic carbocycles. The largest absolute Gasteiger partial charge is 0.385 e. The SMILES string of the molecule is CC(=O)c1cccc(/C=N/NC(=O)CCCNc2ccc(C(=O)N/N=C/c3cccc(C(C)=O)c3)cc2)c1. The quantitative estimate of drug-likeness (QED) is 0.145. The average Bonchev–Trinajstić information content (AvgIpc) is 2.91. The first-order valence-electron chi connectivity index (χ1n) is 12.0. The molecule has 0 atom stereocenters. The van der Waals surface area contributed by atoms with Crippen molar-refractivity contribution < 1.29 is 19.2 Å². The van der Waals surface area contributed by atoms with Crippen LogP contribution >= 0.6 is 0 Å². The Hall–Kier alpha value is -4.92. The number of Topliss-reactive ketones (excluding diaryl/α,β-unsaturated/α-hetero) is 2. The van der Waals surface area contributed by atoms with Crippen molar-refractivity contribution in [3.8, 4) is 0 Å². The molecule has 0 saturated heterocycles. The van der Waals surface area contributed by atoms with E-state index < -0.39 is 0 Å². The van der Waals surface area contributed by atoms with Gasteiger partial charge in [0.2, 0.25) is 5.91 Å². The van der Waals surface area contributed by atoms with Gasteiger partial charge in [-0.05, 0) is 67.8 Å². The van der Waals surface area contributed by atoms with Gasteiger partial charge in [0.15, 0.2) is 11.6 Å². The molecule has 3 rings (SSSR count). The second-order valence-electron chi connectivity index (χ2n) is 8.46. The molecule has 0 saturated carbocycles. The highest BCUT2D eigenvalue weighted by molar-refractivity contribution is 5.97. The van der Waals surface area contributed by atoms with E-state index in [9.17, 15) is 19.2 Å². The summed E-state index contributed by atoms with van der Waals surface area (Å²) in [7, 11) is 0. The number of benzene rings is 3. The molecular formula is C29H29N5O4. The van der Waals surface area contributed by atoms with Crippen LogP contribution in [0.1, 0.15) is 68.9 Å². The monoisotopic (exact) mass is 511 g/mol. The number of anilines is 1. The van der Waals surface area contributed by atoms with E-state index in [1.165, 1.54) is 26.3 Å². The molecule has 0 aliphatic rings. The topological polar surface area (TPSA) is 129 Å². The van der Waals surface area contributed by atoms with Gasteiger partial charge >= 0.3 is 0 Å². The number of hydrogen-bond donors (Lipinski definition) is 3. The molecule has 0 fully saturated rings. The summed E-state index contributed by atoms with van der Waals surface area (Å²) in [6, 6.07) is 20.8. The highest BCUT2D eigenvalue weighted by atomic mass is 16.2. The molecular weight excluding hydrogens is 482 g/mol. The predicted molar refractivity (Wildman–Crippen MR) is 148 cm³/mol.